The summed E-state index contributed by atoms with van der Waals surface area (Å²) in [5, 5.41) is 3.21. The molecular weight excluding hydrogens is 158 g/mol. The molecule has 0 aromatic heterocycles. The van der Waals surface area contributed by atoms with Gasteiger partial charge in [-0.2, -0.15) is 0 Å². The summed E-state index contributed by atoms with van der Waals surface area (Å²) < 4.78 is 0. The van der Waals surface area contributed by atoms with Crippen LogP contribution in [-0.4, -0.2) is 7.05 Å². The second-order valence-electron chi connectivity index (χ2n) is 2.71. The molecule has 1 rings (SSSR count). The molecule has 1 aromatic carbocycles. The largest absolute Gasteiger partial charge is 0.388 e. The van der Waals surface area contributed by atoms with Crippen molar-refractivity contribution in [3.8, 4) is 0 Å². The van der Waals surface area contributed by atoms with Crippen LogP contribution in [0.1, 0.15) is 31.9 Å². The number of nitrogens with one attached hydrogen (secondary N) is 1. The summed E-state index contributed by atoms with van der Waals surface area (Å²) in [4.78, 5) is 0. The van der Waals surface area contributed by atoms with Gasteiger partial charge >= 0.3 is 0 Å². The molecule has 13 heavy (non-hydrogen) atoms. The fourth-order valence-corrected chi connectivity index (χ4v) is 1.38. The Morgan fingerprint density at radius 1 is 1.23 bits per heavy atom. The lowest BCUT2D eigenvalue weighted by atomic mass is 10.1. The van der Waals surface area contributed by atoms with E-state index >= 15 is 0 Å². The SMILES string of the molecule is CC.CCc1cccc(C)c1NC. The van der Waals surface area contributed by atoms with Crippen LogP contribution in [0.4, 0.5) is 5.69 Å². The van der Waals surface area contributed by atoms with E-state index < -0.39 is 0 Å². The van der Waals surface area contributed by atoms with Crippen LogP contribution in [0.15, 0.2) is 18.2 Å². The highest BCUT2D eigenvalue weighted by Crippen LogP contribution is 2.19. The van der Waals surface area contributed by atoms with Gasteiger partial charge in [-0.3, -0.25) is 0 Å². The molecule has 74 valence electrons. The molecule has 0 aliphatic heterocycles. The van der Waals surface area contributed by atoms with Gasteiger partial charge in [-0.25, -0.2) is 0 Å². The monoisotopic (exact) mass is 179 g/mol. The lowest BCUT2D eigenvalue weighted by Crippen LogP contribution is -1.96. The van der Waals surface area contributed by atoms with Crippen LogP contribution in [0.25, 0.3) is 0 Å². The van der Waals surface area contributed by atoms with E-state index in [4.69, 9.17) is 0 Å². The van der Waals surface area contributed by atoms with Gasteiger partial charge in [0.25, 0.3) is 0 Å². The van der Waals surface area contributed by atoms with E-state index in [0.29, 0.717) is 0 Å². The Labute approximate surface area is 82.2 Å². The summed E-state index contributed by atoms with van der Waals surface area (Å²) in [6.07, 6.45) is 1.10. The molecule has 0 amide bonds. The third-order valence-corrected chi connectivity index (χ3v) is 1.99. The van der Waals surface area contributed by atoms with Gasteiger partial charge in [-0.1, -0.05) is 39.0 Å². The smallest absolute Gasteiger partial charge is 0.0399 e. The number of hydrogen-bond donors (Lipinski definition) is 1. The lowest BCUT2D eigenvalue weighted by Gasteiger charge is -2.09. The van der Waals surface area contributed by atoms with Crippen LogP contribution in [0, 0.1) is 6.92 Å². The molecule has 0 saturated carbocycles. The first kappa shape index (κ1) is 12.0. The van der Waals surface area contributed by atoms with Gasteiger partial charge in [-0.15, -0.1) is 0 Å². The van der Waals surface area contributed by atoms with Gasteiger partial charge < -0.3 is 5.32 Å². The van der Waals surface area contributed by atoms with E-state index in [1.807, 2.05) is 20.9 Å². The molecule has 0 bridgehead atoms. The average Bonchev–Trinajstić information content (AvgIpc) is 2.20. The van der Waals surface area contributed by atoms with Crippen molar-refractivity contribution in [3.05, 3.63) is 29.3 Å². The van der Waals surface area contributed by atoms with Crippen LogP contribution < -0.4 is 5.32 Å². The summed E-state index contributed by atoms with van der Waals surface area (Å²) in [5.74, 6) is 0. The molecule has 0 spiro atoms. The van der Waals surface area contributed by atoms with E-state index in [1.165, 1.54) is 16.8 Å². The number of hydrogen-bond acceptors (Lipinski definition) is 1. The Morgan fingerprint density at radius 3 is 2.23 bits per heavy atom. The van der Waals surface area contributed by atoms with E-state index in [1.54, 1.807) is 0 Å². The maximum atomic E-state index is 3.21. The van der Waals surface area contributed by atoms with Crippen molar-refractivity contribution in [1.29, 1.82) is 0 Å². The minimum absolute atomic E-state index is 1.10. The Balaban J connectivity index is 0.000000671. The summed E-state index contributed by atoms with van der Waals surface area (Å²) in [6, 6.07) is 6.40. The van der Waals surface area contributed by atoms with Crippen molar-refractivity contribution in [2.24, 2.45) is 0 Å². The standard InChI is InChI=1S/C10H15N.C2H6/c1-4-9-7-5-6-8(2)10(9)11-3;1-2/h5-7,11H,4H2,1-3H3;1-2H3. The van der Waals surface area contributed by atoms with Crippen molar-refractivity contribution in [1.82, 2.24) is 0 Å². The van der Waals surface area contributed by atoms with E-state index in [2.05, 4.69) is 37.4 Å². The molecule has 1 N–H and O–H groups in total. The minimum atomic E-state index is 1.10. The first-order valence-electron chi connectivity index (χ1n) is 5.05. The van der Waals surface area contributed by atoms with Crippen molar-refractivity contribution in [3.63, 3.8) is 0 Å². The molecule has 0 fully saturated rings. The zero-order chi connectivity index (χ0) is 10.3. The van der Waals surface area contributed by atoms with Gasteiger partial charge in [0, 0.05) is 12.7 Å². The highest BCUT2D eigenvalue weighted by Gasteiger charge is 1.99. The highest BCUT2D eigenvalue weighted by molar-refractivity contribution is 5.56. The van der Waals surface area contributed by atoms with Gasteiger partial charge in [-0.05, 0) is 24.5 Å². The average molecular weight is 179 g/mol. The minimum Gasteiger partial charge on any atom is -0.388 e. The van der Waals surface area contributed by atoms with E-state index in [-0.39, 0.29) is 0 Å². The van der Waals surface area contributed by atoms with E-state index in [9.17, 15) is 0 Å². The Kier molecular flexibility index (Phi) is 6.03. The quantitative estimate of drug-likeness (QED) is 0.731. The zero-order valence-corrected chi connectivity index (χ0v) is 9.44. The molecule has 0 unspecified atom stereocenters. The van der Waals surface area contributed by atoms with Gasteiger partial charge in [0.15, 0.2) is 0 Å². The fraction of sp³-hybridized carbons (Fsp3) is 0.500. The number of rotatable bonds is 2. The first-order valence-corrected chi connectivity index (χ1v) is 5.05. The van der Waals surface area contributed by atoms with Crippen LogP contribution in [0.2, 0.25) is 0 Å². The maximum absolute atomic E-state index is 3.21. The number of benzene rings is 1. The number of para-hydroxylation sites is 1. The molecule has 1 nitrogen and oxygen atoms in total. The van der Waals surface area contributed by atoms with Crippen molar-refractivity contribution >= 4 is 5.69 Å². The molecule has 1 heteroatoms. The fourth-order valence-electron chi connectivity index (χ4n) is 1.38. The second-order valence-corrected chi connectivity index (χ2v) is 2.71. The molecular formula is C12H21N. The van der Waals surface area contributed by atoms with Gasteiger partial charge in [0.2, 0.25) is 0 Å². The normalized spacial score (nSPS) is 8.69. The second kappa shape index (κ2) is 6.53. The highest BCUT2D eigenvalue weighted by atomic mass is 14.8. The third kappa shape index (κ3) is 3.10. The van der Waals surface area contributed by atoms with Crippen LogP contribution in [0.5, 0.6) is 0 Å². The predicted molar refractivity (Wildman–Crippen MR) is 61.5 cm³/mol. The number of aryl methyl sites for hydroxylation is 2. The summed E-state index contributed by atoms with van der Waals surface area (Å²) >= 11 is 0. The molecule has 0 radical (unpaired) electrons. The Morgan fingerprint density at radius 2 is 1.85 bits per heavy atom. The molecule has 0 heterocycles. The Bertz CT molecular complexity index is 241. The van der Waals surface area contributed by atoms with Crippen LogP contribution in [0.3, 0.4) is 0 Å². The molecule has 0 atom stereocenters. The zero-order valence-electron chi connectivity index (χ0n) is 9.44. The first-order chi connectivity index (χ1) is 6.29. The summed E-state index contributed by atoms with van der Waals surface area (Å²) in [5.41, 5.74) is 4.01. The molecule has 0 saturated heterocycles. The van der Waals surface area contributed by atoms with E-state index in [0.717, 1.165) is 6.42 Å². The lowest BCUT2D eigenvalue weighted by molar-refractivity contribution is 1.13. The number of anilines is 1. The summed E-state index contributed by atoms with van der Waals surface area (Å²) in [7, 11) is 1.97. The third-order valence-electron chi connectivity index (χ3n) is 1.99. The van der Waals surface area contributed by atoms with Gasteiger partial charge in [0.1, 0.15) is 0 Å². The summed E-state index contributed by atoms with van der Waals surface area (Å²) in [6.45, 7) is 8.31. The maximum Gasteiger partial charge on any atom is 0.0399 e. The van der Waals surface area contributed by atoms with Crippen LogP contribution in [-0.2, 0) is 6.42 Å². The van der Waals surface area contributed by atoms with Crippen molar-refractivity contribution in [2.45, 2.75) is 34.1 Å². The topological polar surface area (TPSA) is 12.0 Å². The predicted octanol–water partition coefficient (Wildman–Crippen LogP) is 3.63. The van der Waals surface area contributed by atoms with Crippen molar-refractivity contribution < 1.29 is 0 Å². The van der Waals surface area contributed by atoms with Gasteiger partial charge in [0.05, 0.1) is 0 Å². The van der Waals surface area contributed by atoms with Crippen molar-refractivity contribution in [2.75, 3.05) is 12.4 Å². The Hall–Kier alpha value is -0.980. The van der Waals surface area contributed by atoms with Crippen LogP contribution >= 0.6 is 0 Å². The molecule has 1 aromatic rings. The molecule has 0 aliphatic rings. The molecule has 0 aliphatic carbocycles.